The molecule has 0 atom stereocenters. The molecule has 1 heterocycles. The third-order valence-electron chi connectivity index (χ3n) is 5.54. The van der Waals surface area contributed by atoms with Crippen molar-refractivity contribution in [1.29, 1.82) is 0 Å². The van der Waals surface area contributed by atoms with Crippen molar-refractivity contribution in [2.75, 3.05) is 43.0 Å². The van der Waals surface area contributed by atoms with E-state index in [1.54, 1.807) is 6.07 Å². The van der Waals surface area contributed by atoms with Crippen LogP contribution < -0.4 is 15.0 Å². The van der Waals surface area contributed by atoms with Crippen LogP contribution in [0.3, 0.4) is 0 Å². The molecule has 1 aliphatic rings. The fourth-order valence-corrected chi connectivity index (χ4v) is 3.90. The SMILES string of the molecule is CCOc1ccccc1C(=O)Nc1ccc(N2CCN(Cc3ccccc3)CC2)cc1. The molecule has 1 amide bonds. The molecule has 0 saturated carbocycles. The van der Waals surface area contributed by atoms with E-state index in [1.165, 1.54) is 11.3 Å². The maximum atomic E-state index is 12.7. The molecule has 160 valence electrons. The largest absolute Gasteiger partial charge is 0.493 e. The lowest BCUT2D eigenvalue weighted by molar-refractivity contribution is 0.102. The van der Waals surface area contributed by atoms with Gasteiger partial charge in [0.25, 0.3) is 5.91 Å². The Balaban J connectivity index is 1.32. The smallest absolute Gasteiger partial charge is 0.259 e. The van der Waals surface area contributed by atoms with Gasteiger partial charge in [-0.1, -0.05) is 42.5 Å². The lowest BCUT2D eigenvalue weighted by Crippen LogP contribution is -2.45. The number of rotatable bonds is 7. The van der Waals surface area contributed by atoms with Crippen molar-refractivity contribution < 1.29 is 9.53 Å². The minimum atomic E-state index is -0.161. The van der Waals surface area contributed by atoms with Gasteiger partial charge in [-0.2, -0.15) is 0 Å². The molecule has 31 heavy (non-hydrogen) atoms. The van der Waals surface area contributed by atoms with E-state index in [1.807, 2.05) is 37.3 Å². The van der Waals surface area contributed by atoms with Crippen molar-refractivity contribution in [1.82, 2.24) is 4.90 Å². The van der Waals surface area contributed by atoms with E-state index in [-0.39, 0.29) is 5.91 Å². The molecule has 0 spiro atoms. The van der Waals surface area contributed by atoms with E-state index in [0.29, 0.717) is 17.9 Å². The predicted molar refractivity (Wildman–Crippen MR) is 126 cm³/mol. The average molecular weight is 416 g/mol. The van der Waals surface area contributed by atoms with Crippen LogP contribution in [-0.4, -0.2) is 43.6 Å². The average Bonchev–Trinajstić information content (AvgIpc) is 2.81. The van der Waals surface area contributed by atoms with Crippen LogP contribution in [0.1, 0.15) is 22.8 Å². The van der Waals surface area contributed by atoms with Crippen molar-refractivity contribution in [3.8, 4) is 5.75 Å². The van der Waals surface area contributed by atoms with Gasteiger partial charge < -0.3 is 15.0 Å². The van der Waals surface area contributed by atoms with E-state index in [2.05, 4.69) is 57.6 Å². The molecule has 4 rings (SSSR count). The van der Waals surface area contributed by atoms with Gasteiger partial charge in [-0.3, -0.25) is 9.69 Å². The number of anilines is 2. The number of carbonyl (C=O) groups is 1. The van der Waals surface area contributed by atoms with Crippen LogP contribution in [0, 0.1) is 0 Å². The summed E-state index contributed by atoms with van der Waals surface area (Å²) in [5, 5.41) is 2.98. The molecule has 0 unspecified atom stereocenters. The molecule has 5 nitrogen and oxygen atoms in total. The van der Waals surface area contributed by atoms with E-state index in [4.69, 9.17) is 4.74 Å². The van der Waals surface area contributed by atoms with Crippen molar-refractivity contribution >= 4 is 17.3 Å². The first-order valence-electron chi connectivity index (χ1n) is 10.9. The first-order valence-corrected chi connectivity index (χ1v) is 10.9. The lowest BCUT2D eigenvalue weighted by Gasteiger charge is -2.36. The van der Waals surface area contributed by atoms with Crippen molar-refractivity contribution in [2.24, 2.45) is 0 Å². The molecule has 1 fully saturated rings. The highest BCUT2D eigenvalue weighted by Crippen LogP contribution is 2.23. The number of nitrogens with one attached hydrogen (secondary N) is 1. The van der Waals surface area contributed by atoms with Gasteiger partial charge in [0.1, 0.15) is 5.75 Å². The Morgan fingerprint density at radius 2 is 1.55 bits per heavy atom. The molecule has 3 aromatic carbocycles. The summed E-state index contributed by atoms with van der Waals surface area (Å²) in [5.41, 5.74) is 3.87. The summed E-state index contributed by atoms with van der Waals surface area (Å²) in [4.78, 5) is 17.6. The van der Waals surface area contributed by atoms with Crippen LogP contribution >= 0.6 is 0 Å². The molecular formula is C26H29N3O2. The van der Waals surface area contributed by atoms with Crippen molar-refractivity contribution in [2.45, 2.75) is 13.5 Å². The van der Waals surface area contributed by atoms with Crippen LogP contribution in [0.25, 0.3) is 0 Å². The number of piperazine rings is 1. The summed E-state index contributed by atoms with van der Waals surface area (Å²) in [6.45, 7) is 7.53. The number of hydrogen-bond donors (Lipinski definition) is 1. The Labute approximate surface area is 184 Å². The quantitative estimate of drug-likeness (QED) is 0.610. The van der Waals surface area contributed by atoms with Gasteiger partial charge in [-0.25, -0.2) is 0 Å². The van der Waals surface area contributed by atoms with Crippen molar-refractivity contribution in [3.05, 3.63) is 90.0 Å². The van der Waals surface area contributed by atoms with E-state index >= 15 is 0 Å². The Morgan fingerprint density at radius 3 is 2.26 bits per heavy atom. The normalized spacial score (nSPS) is 14.3. The van der Waals surface area contributed by atoms with E-state index in [0.717, 1.165) is 38.4 Å². The standard InChI is InChI=1S/C26H29N3O2/c1-2-31-25-11-7-6-10-24(25)26(30)27-22-12-14-23(15-13-22)29-18-16-28(17-19-29)20-21-8-4-3-5-9-21/h3-15H,2,16-20H2,1H3,(H,27,30). The van der Waals surface area contributed by atoms with Gasteiger partial charge in [0.2, 0.25) is 0 Å². The zero-order chi connectivity index (χ0) is 21.5. The van der Waals surface area contributed by atoms with Gasteiger partial charge in [0, 0.05) is 44.1 Å². The first-order chi connectivity index (χ1) is 15.2. The number of amides is 1. The second kappa shape index (κ2) is 10.1. The number of benzene rings is 3. The molecule has 0 bridgehead atoms. The molecule has 3 aromatic rings. The Hall–Kier alpha value is -3.31. The van der Waals surface area contributed by atoms with Crippen LogP contribution in [0.15, 0.2) is 78.9 Å². The molecule has 0 aliphatic carbocycles. The highest BCUT2D eigenvalue weighted by atomic mass is 16.5. The van der Waals surface area contributed by atoms with Gasteiger partial charge >= 0.3 is 0 Å². The Bertz CT molecular complexity index is 981. The summed E-state index contributed by atoms with van der Waals surface area (Å²) in [6.07, 6.45) is 0. The predicted octanol–water partition coefficient (Wildman–Crippen LogP) is 4.66. The van der Waals surface area contributed by atoms with Crippen LogP contribution in [0.2, 0.25) is 0 Å². The monoisotopic (exact) mass is 415 g/mol. The molecule has 5 heteroatoms. The highest BCUT2D eigenvalue weighted by molar-refractivity contribution is 6.06. The third kappa shape index (κ3) is 5.44. The zero-order valence-corrected chi connectivity index (χ0v) is 18.0. The Morgan fingerprint density at radius 1 is 0.871 bits per heavy atom. The highest BCUT2D eigenvalue weighted by Gasteiger charge is 2.18. The van der Waals surface area contributed by atoms with Gasteiger partial charge in [-0.15, -0.1) is 0 Å². The summed E-state index contributed by atoms with van der Waals surface area (Å²) in [6, 6.07) is 26.0. The number of carbonyl (C=O) groups excluding carboxylic acids is 1. The maximum absolute atomic E-state index is 12.7. The zero-order valence-electron chi connectivity index (χ0n) is 18.0. The minimum Gasteiger partial charge on any atom is -0.493 e. The van der Waals surface area contributed by atoms with Crippen LogP contribution in [0.4, 0.5) is 11.4 Å². The van der Waals surface area contributed by atoms with Crippen LogP contribution in [-0.2, 0) is 6.54 Å². The second-order valence-corrected chi connectivity index (χ2v) is 7.68. The second-order valence-electron chi connectivity index (χ2n) is 7.68. The molecule has 0 aromatic heterocycles. The Kier molecular flexibility index (Phi) is 6.85. The lowest BCUT2D eigenvalue weighted by atomic mass is 10.1. The first kappa shape index (κ1) is 20.9. The topological polar surface area (TPSA) is 44.8 Å². The fourth-order valence-electron chi connectivity index (χ4n) is 3.90. The third-order valence-corrected chi connectivity index (χ3v) is 5.54. The summed E-state index contributed by atoms with van der Waals surface area (Å²) < 4.78 is 5.57. The fraction of sp³-hybridized carbons (Fsp3) is 0.269. The molecule has 1 saturated heterocycles. The van der Waals surface area contributed by atoms with Gasteiger partial charge in [0.05, 0.1) is 12.2 Å². The maximum Gasteiger partial charge on any atom is 0.259 e. The number of ether oxygens (including phenoxy) is 1. The summed E-state index contributed by atoms with van der Waals surface area (Å²) in [5.74, 6) is 0.443. The molecular weight excluding hydrogens is 386 g/mol. The number of para-hydroxylation sites is 1. The summed E-state index contributed by atoms with van der Waals surface area (Å²) >= 11 is 0. The van der Waals surface area contributed by atoms with Gasteiger partial charge in [0.15, 0.2) is 0 Å². The molecule has 1 aliphatic heterocycles. The van der Waals surface area contributed by atoms with Crippen LogP contribution in [0.5, 0.6) is 5.75 Å². The molecule has 0 radical (unpaired) electrons. The summed E-state index contributed by atoms with van der Waals surface area (Å²) in [7, 11) is 0. The van der Waals surface area contributed by atoms with Gasteiger partial charge in [-0.05, 0) is 48.9 Å². The minimum absolute atomic E-state index is 0.161. The van der Waals surface area contributed by atoms with E-state index in [9.17, 15) is 4.79 Å². The van der Waals surface area contributed by atoms with E-state index < -0.39 is 0 Å². The number of hydrogen-bond acceptors (Lipinski definition) is 4. The number of nitrogens with zero attached hydrogens (tertiary/aromatic N) is 2. The van der Waals surface area contributed by atoms with Crippen molar-refractivity contribution in [3.63, 3.8) is 0 Å². The molecule has 1 N–H and O–H groups in total.